The lowest BCUT2D eigenvalue weighted by atomic mass is 10.3. The third-order valence-electron chi connectivity index (χ3n) is 1.69. The summed E-state index contributed by atoms with van der Waals surface area (Å²) in [6.45, 7) is 1.84. The van der Waals surface area contributed by atoms with Gasteiger partial charge in [-0.05, 0) is 0 Å². The highest BCUT2D eigenvalue weighted by Crippen LogP contribution is 2.16. The third-order valence-corrected chi connectivity index (χ3v) is 1.69. The Kier molecular flexibility index (Phi) is 1.67. The van der Waals surface area contributed by atoms with Gasteiger partial charge < -0.3 is 4.42 Å². The van der Waals surface area contributed by atoms with Crippen LogP contribution in [-0.2, 0) is 0 Å². The van der Waals surface area contributed by atoms with E-state index in [1.54, 1.807) is 6.26 Å². The SMILES string of the molecule is Cc1n[13c](-c2ccccc2)co1. The van der Waals surface area contributed by atoms with Gasteiger partial charge in [-0.25, -0.2) is 4.98 Å². The second-order valence-electron chi connectivity index (χ2n) is 2.62. The van der Waals surface area contributed by atoms with Gasteiger partial charge in [0, 0.05) is 12.5 Å². The van der Waals surface area contributed by atoms with Crippen LogP contribution >= 0.6 is 0 Å². The molecule has 0 unspecified atom stereocenters. The van der Waals surface area contributed by atoms with E-state index in [9.17, 15) is 0 Å². The van der Waals surface area contributed by atoms with Crippen LogP contribution in [0.25, 0.3) is 11.3 Å². The average Bonchev–Trinajstić information content (AvgIpc) is 2.54. The molecule has 0 spiro atoms. The van der Waals surface area contributed by atoms with Crippen LogP contribution < -0.4 is 0 Å². The number of benzene rings is 1. The fraction of sp³-hybridized carbons (Fsp3) is 0.100. The van der Waals surface area contributed by atoms with Gasteiger partial charge in [0.2, 0.25) is 0 Å². The molecule has 0 aliphatic rings. The number of oxazole rings is 1. The number of hydrogen-bond donors (Lipinski definition) is 0. The Morgan fingerprint density at radius 2 is 1.92 bits per heavy atom. The van der Waals surface area contributed by atoms with Crippen molar-refractivity contribution in [3.05, 3.63) is 42.5 Å². The van der Waals surface area contributed by atoms with Crippen molar-refractivity contribution in [3.63, 3.8) is 0 Å². The smallest absolute Gasteiger partial charge is 0.191 e. The maximum absolute atomic E-state index is 5.11. The summed E-state index contributed by atoms with van der Waals surface area (Å²) in [5, 5.41) is 0. The van der Waals surface area contributed by atoms with Gasteiger partial charge in [0.15, 0.2) is 5.89 Å². The van der Waals surface area contributed by atoms with Gasteiger partial charge in [-0.2, -0.15) is 0 Å². The Morgan fingerprint density at radius 1 is 1.17 bits per heavy atom. The molecule has 0 amide bonds. The van der Waals surface area contributed by atoms with Crippen molar-refractivity contribution in [2.75, 3.05) is 0 Å². The summed E-state index contributed by atoms with van der Waals surface area (Å²) >= 11 is 0. The summed E-state index contributed by atoms with van der Waals surface area (Å²) in [5.41, 5.74) is 1.99. The summed E-state index contributed by atoms with van der Waals surface area (Å²) in [6.07, 6.45) is 1.67. The molecule has 0 aliphatic heterocycles. The van der Waals surface area contributed by atoms with E-state index >= 15 is 0 Å². The maximum atomic E-state index is 5.11. The predicted octanol–water partition coefficient (Wildman–Crippen LogP) is 2.65. The molecule has 2 rings (SSSR count). The van der Waals surface area contributed by atoms with Gasteiger partial charge in [-0.3, -0.25) is 0 Å². The van der Waals surface area contributed by atoms with E-state index < -0.39 is 0 Å². The van der Waals surface area contributed by atoms with Crippen molar-refractivity contribution >= 4 is 0 Å². The maximum Gasteiger partial charge on any atom is 0.191 e. The van der Waals surface area contributed by atoms with Crippen molar-refractivity contribution in [2.45, 2.75) is 6.92 Å². The van der Waals surface area contributed by atoms with E-state index in [2.05, 4.69) is 4.98 Å². The molecule has 1 aromatic carbocycles. The number of nitrogens with zero attached hydrogens (tertiary/aromatic N) is 1. The molecule has 0 N–H and O–H groups in total. The monoisotopic (exact) mass is 160 g/mol. The molecule has 1 heterocycles. The lowest BCUT2D eigenvalue weighted by Crippen LogP contribution is -1.75. The highest BCUT2D eigenvalue weighted by atomic mass is 16.3. The molecular weight excluding hydrogens is 151 g/mol. The lowest BCUT2D eigenvalue weighted by molar-refractivity contribution is 0.521. The first-order chi connectivity index (χ1) is 5.86. The Balaban J connectivity index is 2.45. The summed E-state index contributed by atoms with van der Waals surface area (Å²) < 4.78 is 5.11. The van der Waals surface area contributed by atoms with Crippen molar-refractivity contribution in [1.29, 1.82) is 0 Å². The van der Waals surface area contributed by atoms with Gasteiger partial charge in [0.25, 0.3) is 0 Å². The summed E-state index contributed by atoms with van der Waals surface area (Å²) in [5.74, 6) is 0.703. The average molecular weight is 160 g/mol. The molecule has 60 valence electrons. The molecular formula is C10H9NO. The Bertz CT molecular complexity index is 364. The minimum absolute atomic E-state index is 0.703. The normalized spacial score (nSPS) is 10.1. The van der Waals surface area contributed by atoms with Gasteiger partial charge in [-0.15, -0.1) is 0 Å². The molecule has 0 aliphatic carbocycles. The molecule has 0 radical (unpaired) electrons. The second kappa shape index (κ2) is 2.81. The Labute approximate surface area is 70.9 Å². The minimum Gasteiger partial charge on any atom is -0.449 e. The zero-order valence-electron chi connectivity index (χ0n) is 6.82. The number of hydrogen-bond acceptors (Lipinski definition) is 2. The second-order valence-corrected chi connectivity index (χ2v) is 2.62. The lowest BCUT2D eigenvalue weighted by Gasteiger charge is -1.91. The van der Waals surface area contributed by atoms with Crippen LogP contribution in [0.2, 0.25) is 0 Å². The molecule has 12 heavy (non-hydrogen) atoms. The van der Waals surface area contributed by atoms with Crippen LogP contribution in [0.1, 0.15) is 5.89 Å². The van der Waals surface area contributed by atoms with Crippen LogP contribution in [0.3, 0.4) is 0 Å². The van der Waals surface area contributed by atoms with Gasteiger partial charge in [-0.1, -0.05) is 30.3 Å². The molecule has 0 saturated carbocycles. The first kappa shape index (κ1) is 7.10. The molecule has 2 heteroatoms. The van der Waals surface area contributed by atoms with Crippen LogP contribution in [0.5, 0.6) is 0 Å². The molecule has 0 saturated heterocycles. The topological polar surface area (TPSA) is 26.0 Å². The molecule has 0 fully saturated rings. The van der Waals surface area contributed by atoms with Crippen LogP contribution in [0.4, 0.5) is 0 Å². The molecule has 0 atom stereocenters. The minimum atomic E-state index is 0.703. The largest absolute Gasteiger partial charge is 0.449 e. The van der Waals surface area contributed by atoms with E-state index in [-0.39, 0.29) is 0 Å². The van der Waals surface area contributed by atoms with Crippen LogP contribution in [-0.4, -0.2) is 4.98 Å². The fourth-order valence-corrected chi connectivity index (χ4v) is 1.10. The molecule has 2 aromatic rings. The Morgan fingerprint density at radius 3 is 2.50 bits per heavy atom. The Hall–Kier alpha value is -1.57. The molecule has 0 bridgehead atoms. The van der Waals surface area contributed by atoms with Gasteiger partial charge >= 0.3 is 0 Å². The first-order valence-corrected chi connectivity index (χ1v) is 3.84. The highest BCUT2D eigenvalue weighted by Gasteiger charge is 2.00. The van der Waals surface area contributed by atoms with E-state index in [0.717, 1.165) is 11.3 Å². The van der Waals surface area contributed by atoms with Crippen LogP contribution in [0, 0.1) is 6.92 Å². The van der Waals surface area contributed by atoms with Crippen LogP contribution in [0.15, 0.2) is 41.0 Å². The van der Waals surface area contributed by atoms with Crippen molar-refractivity contribution < 1.29 is 4.42 Å². The third kappa shape index (κ3) is 1.23. The van der Waals surface area contributed by atoms with Gasteiger partial charge in [0.05, 0.1) is 0 Å². The summed E-state index contributed by atoms with van der Waals surface area (Å²) in [6, 6.07) is 9.98. The van der Waals surface area contributed by atoms with E-state index in [4.69, 9.17) is 4.42 Å². The van der Waals surface area contributed by atoms with E-state index in [1.165, 1.54) is 0 Å². The predicted molar refractivity (Wildman–Crippen MR) is 46.7 cm³/mol. The van der Waals surface area contributed by atoms with Crippen molar-refractivity contribution in [2.24, 2.45) is 0 Å². The zero-order valence-corrected chi connectivity index (χ0v) is 6.82. The van der Waals surface area contributed by atoms with E-state index in [0.29, 0.717) is 5.89 Å². The summed E-state index contributed by atoms with van der Waals surface area (Å²) in [7, 11) is 0. The highest BCUT2D eigenvalue weighted by molar-refractivity contribution is 5.57. The standard InChI is InChI=1S/C10H9NO/c1-8-11-10(7-12-8)9-5-3-2-4-6-9/h2-7H,1H3/i10+1. The first-order valence-electron chi connectivity index (χ1n) is 3.84. The molecule has 1 aromatic heterocycles. The van der Waals surface area contributed by atoms with Crippen molar-refractivity contribution in [1.82, 2.24) is 4.98 Å². The fourth-order valence-electron chi connectivity index (χ4n) is 1.10. The number of aromatic nitrogens is 1. The quantitative estimate of drug-likeness (QED) is 0.641. The molecule has 2 nitrogen and oxygen atoms in total. The van der Waals surface area contributed by atoms with Crippen molar-refractivity contribution in [3.8, 4) is 11.3 Å². The van der Waals surface area contributed by atoms with Gasteiger partial charge in [0.1, 0.15) is 12.0 Å². The number of aryl methyl sites for hydroxylation is 1. The zero-order chi connectivity index (χ0) is 8.39. The number of rotatable bonds is 1. The van der Waals surface area contributed by atoms with E-state index in [1.807, 2.05) is 37.3 Å². The summed E-state index contributed by atoms with van der Waals surface area (Å²) in [4.78, 5) is 4.21.